The van der Waals surface area contributed by atoms with Gasteiger partial charge in [0, 0.05) is 24.7 Å². The fourth-order valence-corrected chi connectivity index (χ4v) is 4.82. The summed E-state index contributed by atoms with van der Waals surface area (Å²) in [5, 5.41) is 6.15. The van der Waals surface area contributed by atoms with E-state index >= 15 is 0 Å². The van der Waals surface area contributed by atoms with Gasteiger partial charge in [0.25, 0.3) is 0 Å². The number of hydrogen-bond acceptors (Lipinski definition) is 2. The Hall–Kier alpha value is -2.04. The van der Waals surface area contributed by atoms with E-state index in [9.17, 15) is 9.59 Å². The van der Waals surface area contributed by atoms with Gasteiger partial charge in [-0.15, -0.1) is 0 Å². The predicted molar refractivity (Wildman–Crippen MR) is 109 cm³/mol. The van der Waals surface area contributed by atoms with Crippen LogP contribution in [0.1, 0.15) is 57.6 Å². The molecule has 1 heterocycles. The first kappa shape index (κ1) is 19.7. The number of nitrogens with one attached hydrogen (secondary N) is 2. The number of carbonyl (C=O) groups excluding carboxylic acids is 2. The third-order valence-electron chi connectivity index (χ3n) is 5.98. The molecule has 3 rings (SSSR count). The van der Waals surface area contributed by atoms with E-state index in [4.69, 9.17) is 0 Å². The molecule has 1 saturated heterocycles. The van der Waals surface area contributed by atoms with Gasteiger partial charge in [-0.3, -0.25) is 4.79 Å². The largest absolute Gasteiger partial charge is 0.335 e. The normalized spacial score (nSPS) is 27.5. The minimum atomic E-state index is -0.148. The van der Waals surface area contributed by atoms with Crippen molar-refractivity contribution in [3.8, 4) is 0 Å². The van der Waals surface area contributed by atoms with Crippen LogP contribution in [0, 0.1) is 25.2 Å². The summed E-state index contributed by atoms with van der Waals surface area (Å²) >= 11 is 0. The lowest BCUT2D eigenvalue weighted by Crippen LogP contribution is -2.50. The summed E-state index contributed by atoms with van der Waals surface area (Å²) < 4.78 is 0. The molecule has 5 heteroatoms. The standard InChI is InChI=1S/C22H33N3O2/c1-14-8-17(12-22(4,5)11-14)23-21(27)24-18-10-20(26)25(13-18)19-7-6-15(2)16(3)9-19/h6-7,9,14,17-18H,8,10-13H2,1-5H3,(H2,23,24,27)/t14-,17-,18-/m0/s1. The Kier molecular flexibility index (Phi) is 5.50. The zero-order chi connectivity index (χ0) is 19.8. The number of urea groups is 1. The maximum atomic E-state index is 12.5. The number of carbonyl (C=O) groups is 2. The second-order valence-corrected chi connectivity index (χ2v) is 9.40. The molecular formula is C22H33N3O2. The summed E-state index contributed by atoms with van der Waals surface area (Å²) in [6.07, 6.45) is 3.58. The van der Waals surface area contributed by atoms with E-state index in [1.807, 2.05) is 18.2 Å². The number of rotatable bonds is 3. The van der Waals surface area contributed by atoms with Crippen molar-refractivity contribution in [2.24, 2.45) is 11.3 Å². The van der Waals surface area contributed by atoms with Crippen molar-refractivity contribution < 1.29 is 9.59 Å². The van der Waals surface area contributed by atoms with Crippen molar-refractivity contribution in [2.75, 3.05) is 11.4 Å². The molecule has 1 aliphatic carbocycles. The van der Waals surface area contributed by atoms with Crippen LogP contribution in [0.2, 0.25) is 0 Å². The Bertz CT molecular complexity index is 728. The van der Waals surface area contributed by atoms with Gasteiger partial charge < -0.3 is 15.5 Å². The number of nitrogens with zero attached hydrogens (tertiary/aromatic N) is 1. The van der Waals surface area contributed by atoms with E-state index in [0.717, 1.165) is 18.5 Å². The second kappa shape index (κ2) is 7.53. The van der Waals surface area contributed by atoms with Gasteiger partial charge in [0.05, 0.1) is 6.04 Å². The average Bonchev–Trinajstić information content (AvgIpc) is 2.88. The molecule has 5 nitrogen and oxygen atoms in total. The molecule has 2 fully saturated rings. The smallest absolute Gasteiger partial charge is 0.315 e. The maximum absolute atomic E-state index is 12.5. The van der Waals surface area contributed by atoms with Gasteiger partial charge in [-0.1, -0.05) is 26.8 Å². The molecule has 148 valence electrons. The summed E-state index contributed by atoms with van der Waals surface area (Å²) in [6.45, 7) is 11.4. The monoisotopic (exact) mass is 371 g/mol. The Morgan fingerprint density at radius 3 is 2.48 bits per heavy atom. The highest BCUT2D eigenvalue weighted by atomic mass is 16.2. The molecule has 0 aromatic heterocycles. The number of benzene rings is 1. The zero-order valence-electron chi connectivity index (χ0n) is 17.3. The van der Waals surface area contributed by atoms with Crippen LogP contribution in [0.5, 0.6) is 0 Å². The summed E-state index contributed by atoms with van der Waals surface area (Å²) in [4.78, 5) is 26.7. The van der Waals surface area contributed by atoms with Gasteiger partial charge >= 0.3 is 6.03 Å². The maximum Gasteiger partial charge on any atom is 0.315 e. The van der Waals surface area contributed by atoms with Crippen LogP contribution in [0.25, 0.3) is 0 Å². The van der Waals surface area contributed by atoms with E-state index < -0.39 is 0 Å². The van der Waals surface area contributed by atoms with Gasteiger partial charge in [0.1, 0.15) is 0 Å². The van der Waals surface area contributed by atoms with Crippen molar-refractivity contribution in [1.82, 2.24) is 10.6 Å². The fourth-order valence-electron chi connectivity index (χ4n) is 4.82. The van der Waals surface area contributed by atoms with Gasteiger partial charge in [-0.25, -0.2) is 4.79 Å². The van der Waals surface area contributed by atoms with Crippen molar-refractivity contribution in [3.05, 3.63) is 29.3 Å². The molecule has 1 aliphatic heterocycles. The molecule has 0 unspecified atom stereocenters. The molecule has 27 heavy (non-hydrogen) atoms. The topological polar surface area (TPSA) is 61.4 Å². The number of amides is 3. The molecule has 1 aromatic rings. The number of anilines is 1. The lowest BCUT2D eigenvalue weighted by molar-refractivity contribution is -0.117. The van der Waals surface area contributed by atoms with E-state index in [1.54, 1.807) is 4.90 Å². The van der Waals surface area contributed by atoms with Crippen LogP contribution in [0.15, 0.2) is 18.2 Å². The lowest BCUT2D eigenvalue weighted by Gasteiger charge is -2.39. The highest BCUT2D eigenvalue weighted by Gasteiger charge is 2.35. The van der Waals surface area contributed by atoms with Gasteiger partial charge in [0.2, 0.25) is 5.91 Å². The van der Waals surface area contributed by atoms with Gasteiger partial charge in [0.15, 0.2) is 0 Å². The quantitative estimate of drug-likeness (QED) is 0.846. The van der Waals surface area contributed by atoms with Gasteiger partial charge in [-0.2, -0.15) is 0 Å². The van der Waals surface area contributed by atoms with Crippen LogP contribution in [-0.4, -0.2) is 30.6 Å². The Balaban J connectivity index is 1.56. The van der Waals surface area contributed by atoms with Crippen LogP contribution >= 0.6 is 0 Å². The zero-order valence-corrected chi connectivity index (χ0v) is 17.3. The molecule has 2 aliphatic rings. The third-order valence-corrected chi connectivity index (χ3v) is 5.98. The SMILES string of the molecule is Cc1ccc(N2C[C@@H](NC(=O)N[C@H]3C[C@H](C)CC(C)(C)C3)CC2=O)cc1C. The molecule has 3 amide bonds. The molecule has 0 spiro atoms. The predicted octanol–water partition coefficient (Wildman–Crippen LogP) is 3.92. The Morgan fingerprint density at radius 2 is 1.81 bits per heavy atom. The van der Waals surface area contributed by atoms with Crippen LogP contribution in [-0.2, 0) is 4.79 Å². The lowest BCUT2D eigenvalue weighted by atomic mass is 9.71. The number of hydrogen-bond donors (Lipinski definition) is 2. The Morgan fingerprint density at radius 1 is 1.11 bits per heavy atom. The van der Waals surface area contributed by atoms with Crippen molar-refractivity contribution in [3.63, 3.8) is 0 Å². The minimum absolute atomic E-state index is 0.0657. The van der Waals surface area contributed by atoms with Crippen molar-refractivity contribution in [1.29, 1.82) is 0 Å². The first-order valence-corrected chi connectivity index (χ1v) is 10.1. The summed E-state index contributed by atoms with van der Waals surface area (Å²) in [5.74, 6) is 0.684. The second-order valence-electron chi connectivity index (χ2n) is 9.40. The summed E-state index contributed by atoms with van der Waals surface area (Å²) in [6, 6.07) is 5.97. The molecule has 3 atom stereocenters. The summed E-state index contributed by atoms with van der Waals surface area (Å²) in [7, 11) is 0. The van der Waals surface area contributed by atoms with Crippen LogP contribution in [0.3, 0.4) is 0 Å². The molecule has 0 bridgehead atoms. The van der Waals surface area contributed by atoms with E-state index in [0.29, 0.717) is 18.9 Å². The van der Waals surface area contributed by atoms with E-state index in [1.165, 1.54) is 17.5 Å². The molecule has 0 radical (unpaired) electrons. The Labute approximate surface area is 162 Å². The van der Waals surface area contributed by atoms with E-state index in [2.05, 4.69) is 45.3 Å². The molecule has 1 aromatic carbocycles. The molecule has 1 saturated carbocycles. The third kappa shape index (κ3) is 4.82. The first-order chi connectivity index (χ1) is 12.6. The molecular weight excluding hydrogens is 338 g/mol. The van der Waals surface area contributed by atoms with Crippen molar-refractivity contribution in [2.45, 2.75) is 72.4 Å². The van der Waals surface area contributed by atoms with Gasteiger partial charge in [-0.05, 0) is 67.7 Å². The highest BCUT2D eigenvalue weighted by Crippen LogP contribution is 2.38. The number of aryl methyl sites for hydroxylation is 2. The minimum Gasteiger partial charge on any atom is -0.335 e. The van der Waals surface area contributed by atoms with Crippen molar-refractivity contribution >= 4 is 17.6 Å². The first-order valence-electron chi connectivity index (χ1n) is 10.1. The fraction of sp³-hybridized carbons (Fsp3) is 0.636. The van der Waals surface area contributed by atoms with E-state index in [-0.39, 0.29) is 29.4 Å². The van der Waals surface area contributed by atoms with Crippen LogP contribution < -0.4 is 15.5 Å². The van der Waals surface area contributed by atoms with Crippen LogP contribution in [0.4, 0.5) is 10.5 Å². The molecule has 2 N–H and O–H groups in total. The highest BCUT2D eigenvalue weighted by molar-refractivity contribution is 5.96. The summed E-state index contributed by atoms with van der Waals surface area (Å²) in [5.41, 5.74) is 3.56. The average molecular weight is 372 g/mol.